The van der Waals surface area contributed by atoms with Gasteiger partial charge in [0, 0.05) is 43.2 Å². The lowest BCUT2D eigenvalue weighted by Gasteiger charge is -2.13. The van der Waals surface area contributed by atoms with Crippen LogP contribution in [0.2, 0.25) is 0 Å². The van der Waals surface area contributed by atoms with Crippen LogP contribution in [0.4, 0.5) is 11.4 Å². The Balaban J connectivity index is 1.68. The van der Waals surface area contributed by atoms with Gasteiger partial charge in [0.15, 0.2) is 0 Å². The van der Waals surface area contributed by atoms with Crippen LogP contribution in [0.5, 0.6) is 0 Å². The Hall–Kier alpha value is -3.26. The van der Waals surface area contributed by atoms with Gasteiger partial charge >= 0.3 is 0 Å². The van der Waals surface area contributed by atoms with Gasteiger partial charge in [0.05, 0.1) is 15.6 Å². The second-order valence-electron chi connectivity index (χ2n) is 6.49. The number of carbonyl (C=O) groups is 1. The van der Waals surface area contributed by atoms with Gasteiger partial charge in [-0.25, -0.2) is 4.98 Å². The summed E-state index contributed by atoms with van der Waals surface area (Å²) < 4.78 is 0. The summed E-state index contributed by atoms with van der Waals surface area (Å²) in [5, 5.41) is 17.1. The quantitative estimate of drug-likeness (QED) is 0.502. The molecule has 2 aromatic carbocycles. The van der Waals surface area contributed by atoms with E-state index in [0.29, 0.717) is 12.2 Å². The maximum atomic E-state index is 12.4. The number of nitro groups is 1. The largest absolute Gasteiger partial charge is 0.372 e. The maximum Gasteiger partial charge on any atom is 0.293 e. The monoisotopic (exact) mass is 396 g/mol. The van der Waals surface area contributed by atoms with Crippen molar-refractivity contribution in [1.82, 2.24) is 10.3 Å². The average Bonchev–Trinajstić information content (AvgIpc) is 3.12. The van der Waals surface area contributed by atoms with E-state index < -0.39 is 4.92 Å². The summed E-state index contributed by atoms with van der Waals surface area (Å²) in [7, 11) is 3.44. The Bertz CT molecular complexity index is 1010. The zero-order valence-corrected chi connectivity index (χ0v) is 16.6. The van der Waals surface area contributed by atoms with Crippen LogP contribution in [0.1, 0.15) is 20.9 Å². The molecule has 8 heteroatoms. The van der Waals surface area contributed by atoms with E-state index in [4.69, 9.17) is 0 Å². The number of rotatable bonds is 6. The second-order valence-corrected chi connectivity index (χ2v) is 7.55. The first-order chi connectivity index (χ1) is 13.3. The van der Waals surface area contributed by atoms with E-state index in [1.807, 2.05) is 36.6 Å². The molecule has 0 fully saturated rings. The predicted octanol–water partition coefficient (Wildman–Crippen LogP) is 4.02. The Morgan fingerprint density at radius 2 is 1.93 bits per heavy atom. The highest BCUT2D eigenvalue weighted by Gasteiger charge is 2.18. The first-order valence-corrected chi connectivity index (χ1v) is 9.48. The zero-order valence-electron chi connectivity index (χ0n) is 15.8. The van der Waals surface area contributed by atoms with E-state index in [9.17, 15) is 14.9 Å². The molecule has 0 aliphatic heterocycles. The van der Waals surface area contributed by atoms with Crippen LogP contribution in [0.15, 0.2) is 47.8 Å². The lowest BCUT2D eigenvalue weighted by atomic mass is 10.1. The molecule has 1 N–H and O–H groups in total. The standard InChI is InChI=1S/C20H20N4O3S/c1-13-22-17(12-28-13)15-6-4-14(5-7-15)11-21-20(25)16-8-9-18(23(2)3)19(10-16)24(26)27/h4-10,12H,11H2,1-3H3,(H,21,25). The summed E-state index contributed by atoms with van der Waals surface area (Å²) in [6.07, 6.45) is 0. The van der Waals surface area contributed by atoms with Gasteiger partial charge in [0.2, 0.25) is 0 Å². The molecule has 0 unspecified atom stereocenters. The van der Waals surface area contributed by atoms with Crippen LogP contribution < -0.4 is 10.2 Å². The van der Waals surface area contributed by atoms with Crippen LogP contribution in [-0.4, -0.2) is 29.9 Å². The molecule has 0 saturated carbocycles. The molecule has 0 bridgehead atoms. The van der Waals surface area contributed by atoms with E-state index in [-0.39, 0.29) is 17.2 Å². The van der Waals surface area contributed by atoms with Crippen LogP contribution in [0, 0.1) is 17.0 Å². The summed E-state index contributed by atoms with van der Waals surface area (Å²) in [5.41, 5.74) is 3.51. The Kier molecular flexibility index (Phi) is 5.70. The van der Waals surface area contributed by atoms with Crippen molar-refractivity contribution in [2.75, 3.05) is 19.0 Å². The second kappa shape index (κ2) is 8.18. The molecule has 1 aromatic heterocycles. The van der Waals surface area contributed by atoms with Crippen LogP contribution in [0.25, 0.3) is 11.3 Å². The number of aromatic nitrogens is 1. The number of aryl methyl sites for hydroxylation is 1. The minimum atomic E-state index is -0.481. The molecule has 0 spiro atoms. The van der Waals surface area contributed by atoms with Crippen molar-refractivity contribution in [3.63, 3.8) is 0 Å². The molecular weight excluding hydrogens is 376 g/mol. The number of hydrogen-bond acceptors (Lipinski definition) is 6. The average molecular weight is 396 g/mol. The minimum Gasteiger partial charge on any atom is -0.372 e. The molecule has 3 aromatic rings. The highest BCUT2D eigenvalue weighted by molar-refractivity contribution is 7.09. The van der Waals surface area contributed by atoms with Gasteiger partial charge in [0.1, 0.15) is 5.69 Å². The zero-order chi connectivity index (χ0) is 20.3. The van der Waals surface area contributed by atoms with E-state index >= 15 is 0 Å². The van der Waals surface area contributed by atoms with Crippen LogP contribution >= 0.6 is 11.3 Å². The van der Waals surface area contributed by atoms with Gasteiger partial charge < -0.3 is 10.2 Å². The number of anilines is 1. The van der Waals surface area contributed by atoms with Crippen molar-refractivity contribution in [3.05, 3.63) is 74.1 Å². The first-order valence-electron chi connectivity index (χ1n) is 8.60. The molecule has 0 atom stereocenters. The summed E-state index contributed by atoms with van der Waals surface area (Å²) in [4.78, 5) is 29.3. The molecule has 1 amide bonds. The summed E-state index contributed by atoms with van der Waals surface area (Å²) >= 11 is 1.60. The fraction of sp³-hybridized carbons (Fsp3) is 0.200. The van der Waals surface area contributed by atoms with Crippen molar-refractivity contribution in [2.45, 2.75) is 13.5 Å². The first kappa shape index (κ1) is 19.5. The SMILES string of the molecule is Cc1nc(-c2ccc(CNC(=O)c3ccc(N(C)C)c([N+](=O)[O-])c3)cc2)cs1. The van der Waals surface area contributed by atoms with Crippen LogP contribution in [-0.2, 0) is 6.54 Å². The van der Waals surface area contributed by atoms with E-state index in [0.717, 1.165) is 21.8 Å². The van der Waals surface area contributed by atoms with Gasteiger partial charge in [-0.3, -0.25) is 14.9 Å². The molecule has 0 aliphatic carbocycles. The van der Waals surface area contributed by atoms with Crippen molar-refractivity contribution < 1.29 is 9.72 Å². The van der Waals surface area contributed by atoms with Crippen LogP contribution in [0.3, 0.4) is 0 Å². The molecular formula is C20H20N4O3S. The summed E-state index contributed by atoms with van der Waals surface area (Å²) in [6.45, 7) is 2.30. The van der Waals surface area contributed by atoms with Crippen molar-refractivity contribution in [2.24, 2.45) is 0 Å². The molecule has 7 nitrogen and oxygen atoms in total. The summed E-state index contributed by atoms with van der Waals surface area (Å²) in [5.74, 6) is -0.354. The number of nitrogens with one attached hydrogen (secondary N) is 1. The highest BCUT2D eigenvalue weighted by Crippen LogP contribution is 2.27. The number of carbonyl (C=O) groups excluding carboxylic acids is 1. The third-order valence-corrected chi connectivity index (χ3v) is 5.01. The Morgan fingerprint density at radius 1 is 1.21 bits per heavy atom. The smallest absolute Gasteiger partial charge is 0.293 e. The predicted molar refractivity (Wildman–Crippen MR) is 111 cm³/mol. The van der Waals surface area contributed by atoms with Gasteiger partial charge in [-0.15, -0.1) is 11.3 Å². The summed E-state index contributed by atoms with van der Waals surface area (Å²) in [6, 6.07) is 12.3. The number of nitro benzene ring substituents is 1. The molecule has 1 heterocycles. The third kappa shape index (κ3) is 4.34. The molecule has 0 saturated heterocycles. The molecule has 3 rings (SSSR count). The van der Waals surface area contributed by atoms with Crippen molar-refractivity contribution >= 4 is 28.6 Å². The molecule has 144 valence electrons. The van der Waals surface area contributed by atoms with Gasteiger partial charge in [-0.05, 0) is 24.6 Å². The molecule has 0 radical (unpaired) electrons. The number of nitrogens with zero attached hydrogens (tertiary/aromatic N) is 3. The van der Waals surface area contributed by atoms with Crippen molar-refractivity contribution in [1.29, 1.82) is 0 Å². The highest BCUT2D eigenvalue weighted by atomic mass is 32.1. The number of amides is 1. The number of benzene rings is 2. The van der Waals surface area contributed by atoms with E-state index in [1.54, 1.807) is 42.5 Å². The van der Waals surface area contributed by atoms with Gasteiger partial charge in [-0.1, -0.05) is 24.3 Å². The fourth-order valence-corrected chi connectivity index (χ4v) is 3.38. The van der Waals surface area contributed by atoms with E-state index in [1.165, 1.54) is 6.07 Å². The number of thiazole rings is 1. The maximum absolute atomic E-state index is 12.4. The minimum absolute atomic E-state index is 0.0967. The Morgan fingerprint density at radius 3 is 2.50 bits per heavy atom. The van der Waals surface area contributed by atoms with Gasteiger partial charge in [0.25, 0.3) is 11.6 Å². The molecule has 28 heavy (non-hydrogen) atoms. The Labute approximate surface area is 166 Å². The van der Waals surface area contributed by atoms with Crippen molar-refractivity contribution in [3.8, 4) is 11.3 Å². The number of hydrogen-bond donors (Lipinski definition) is 1. The lowest BCUT2D eigenvalue weighted by molar-refractivity contribution is -0.384. The third-order valence-electron chi connectivity index (χ3n) is 4.24. The van der Waals surface area contributed by atoms with Gasteiger partial charge in [-0.2, -0.15) is 0 Å². The fourth-order valence-electron chi connectivity index (χ4n) is 2.76. The molecule has 0 aliphatic rings. The normalized spacial score (nSPS) is 10.5. The van der Waals surface area contributed by atoms with E-state index in [2.05, 4.69) is 10.3 Å². The topological polar surface area (TPSA) is 88.4 Å². The lowest BCUT2D eigenvalue weighted by Crippen LogP contribution is -2.23.